The average molecular weight is 348 g/mol. The molecule has 0 heterocycles. The zero-order chi connectivity index (χ0) is 18.0. The first kappa shape index (κ1) is 22.0. The van der Waals surface area contributed by atoms with Crippen molar-refractivity contribution in [3.63, 3.8) is 0 Å². The van der Waals surface area contributed by atoms with E-state index in [-0.39, 0.29) is 24.6 Å². The van der Waals surface area contributed by atoms with Crippen LogP contribution in [0.4, 0.5) is 0 Å². The molecule has 7 nitrogen and oxygen atoms in total. The molecule has 0 spiro atoms. The van der Waals surface area contributed by atoms with Crippen LogP contribution in [0.1, 0.15) is 34.1 Å². The second-order valence-electron chi connectivity index (χ2n) is 5.31. The molecule has 0 aliphatic heterocycles. The predicted molar refractivity (Wildman–Crippen MR) is 90.2 cm³/mol. The third-order valence-electron chi connectivity index (χ3n) is 3.33. The molecule has 8 heteroatoms. The van der Waals surface area contributed by atoms with Crippen LogP contribution in [0.3, 0.4) is 0 Å². The highest BCUT2D eigenvalue weighted by Gasteiger charge is 2.36. The maximum Gasteiger partial charge on any atom is 0.252 e. The number of carbonyl (C=O) groups excluding carboxylic acids is 3. The number of carbonyl (C=O) groups is 3. The molecule has 3 N–H and O–H groups in total. The lowest BCUT2D eigenvalue weighted by Gasteiger charge is -2.33. The van der Waals surface area contributed by atoms with Gasteiger partial charge in [-0.1, -0.05) is 13.8 Å². The Morgan fingerprint density at radius 2 is 2.00 bits per heavy atom. The zero-order valence-corrected chi connectivity index (χ0v) is 15.3. The maximum atomic E-state index is 12.5. The van der Waals surface area contributed by atoms with Crippen LogP contribution >= 0.6 is 11.8 Å². The number of ketones is 1. The van der Waals surface area contributed by atoms with Crippen molar-refractivity contribution < 1.29 is 23.9 Å². The second-order valence-corrected chi connectivity index (χ2v) is 6.96. The van der Waals surface area contributed by atoms with E-state index >= 15 is 0 Å². The van der Waals surface area contributed by atoms with Gasteiger partial charge in [0.2, 0.25) is 0 Å². The number of ether oxygens (including phenoxy) is 2. The van der Waals surface area contributed by atoms with Crippen molar-refractivity contribution in [2.24, 2.45) is 5.73 Å². The third-order valence-corrected chi connectivity index (χ3v) is 4.50. The zero-order valence-electron chi connectivity index (χ0n) is 14.5. The number of aldehydes is 1. The molecule has 0 aromatic carbocycles. The van der Waals surface area contributed by atoms with Crippen LogP contribution in [-0.2, 0) is 23.9 Å². The van der Waals surface area contributed by atoms with Crippen LogP contribution in [0.5, 0.6) is 0 Å². The van der Waals surface area contributed by atoms with Gasteiger partial charge in [0, 0.05) is 19.0 Å². The van der Waals surface area contributed by atoms with Crippen LogP contribution < -0.4 is 11.1 Å². The van der Waals surface area contributed by atoms with Crippen molar-refractivity contribution in [1.29, 1.82) is 0 Å². The lowest BCUT2D eigenvalue weighted by Crippen LogP contribution is -2.58. The summed E-state index contributed by atoms with van der Waals surface area (Å²) in [4.78, 5) is 34.4. The normalized spacial score (nSPS) is 17.7. The van der Waals surface area contributed by atoms with Gasteiger partial charge in [-0.2, -0.15) is 11.8 Å². The summed E-state index contributed by atoms with van der Waals surface area (Å²) in [5, 5.41) is 2.65. The highest BCUT2D eigenvalue weighted by molar-refractivity contribution is 7.99. The predicted octanol–water partition coefficient (Wildman–Crippen LogP) is 0.497. The highest BCUT2D eigenvalue weighted by Crippen LogP contribution is 2.18. The Morgan fingerprint density at radius 3 is 2.43 bits per heavy atom. The molecule has 0 bridgehead atoms. The average Bonchev–Trinajstić information content (AvgIpc) is 2.47. The van der Waals surface area contributed by atoms with E-state index in [1.54, 1.807) is 18.7 Å². The lowest BCUT2D eigenvalue weighted by atomic mass is 10.1. The molecule has 23 heavy (non-hydrogen) atoms. The molecule has 134 valence electrons. The number of amides is 1. The fourth-order valence-corrected chi connectivity index (χ4v) is 3.11. The fraction of sp³-hybridized carbons (Fsp3) is 0.800. The van der Waals surface area contributed by atoms with E-state index in [2.05, 4.69) is 5.32 Å². The smallest absolute Gasteiger partial charge is 0.252 e. The van der Waals surface area contributed by atoms with Crippen molar-refractivity contribution >= 4 is 29.7 Å². The first-order chi connectivity index (χ1) is 10.7. The fourth-order valence-electron chi connectivity index (χ4n) is 2.21. The van der Waals surface area contributed by atoms with Gasteiger partial charge in [0.05, 0.1) is 12.5 Å². The maximum absolute atomic E-state index is 12.5. The number of hydrogen-bond donors (Lipinski definition) is 2. The molecule has 0 aliphatic carbocycles. The van der Waals surface area contributed by atoms with E-state index in [0.29, 0.717) is 0 Å². The topological polar surface area (TPSA) is 108 Å². The van der Waals surface area contributed by atoms with Crippen LogP contribution in [0.2, 0.25) is 0 Å². The number of methoxy groups -OCH3 is 1. The molecule has 0 fully saturated rings. The van der Waals surface area contributed by atoms with Crippen molar-refractivity contribution in [3.05, 3.63) is 0 Å². The van der Waals surface area contributed by atoms with Gasteiger partial charge < -0.3 is 20.5 Å². The molecule has 0 aromatic rings. The number of rotatable bonds is 12. The van der Waals surface area contributed by atoms with E-state index in [1.165, 1.54) is 14.0 Å². The molecule has 4 atom stereocenters. The first-order valence-corrected chi connectivity index (χ1v) is 8.63. The van der Waals surface area contributed by atoms with E-state index in [9.17, 15) is 14.4 Å². The van der Waals surface area contributed by atoms with E-state index in [4.69, 9.17) is 15.2 Å². The van der Waals surface area contributed by atoms with Gasteiger partial charge in [-0.15, -0.1) is 0 Å². The SMILES string of the molecule is CCOC(C)(CC(=O)C=O)NC(=O)C(OC)C(N)C(C)SCC. The van der Waals surface area contributed by atoms with E-state index in [1.807, 2.05) is 13.8 Å². The Hall–Kier alpha value is -0.960. The monoisotopic (exact) mass is 348 g/mol. The lowest BCUT2D eigenvalue weighted by molar-refractivity contribution is -0.147. The molecule has 0 aromatic heterocycles. The van der Waals surface area contributed by atoms with Crippen molar-refractivity contribution in [2.45, 2.75) is 57.2 Å². The summed E-state index contributed by atoms with van der Waals surface area (Å²) < 4.78 is 10.7. The van der Waals surface area contributed by atoms with E-state index in [0.717, 1.165) is 5.75 Å². The highest BCUT2D eigenvalue weighted by atomic mass is 32.2. The summed E-state index contributed by atoms with van der Waals surface area (Å²) in [6.45, 7) is 7.48. The summed E-state index contributed by atoms with van der Waals surface area (Å²) in [6.07, 6.45) is -0.917. The van der Waals surface area contributed by atoms with Gasteiger partial charge >= 0.3 is 0 Å². The minimum Gasteiger partial charge on any atom is -0.370 e. The van der Waals surface area contributed by atoms with Crippen molar-refractivity contribution in [2.75, 3.05) is 19.5 Å². The summed E-state index contributed by atoms with van der Waals surface area (Å²) in [6, 6.07) is -0.516. The Balaban J connectivity index is 5.05. The van der Waals surface area contributed by atoms with Gasteiger partial charge in [0.25, 0.3) is 5.91 Å². The van der Waals surface area contributed by atoms with Crippen LogP contribution in [-0.4, -0.2) is 60.6 Å². The Bertz CT molecular complexity index is 407. The quantitative estimate of drug-likeness (QED) is 0.300. The van der Waals surface area contributed by atoms with Crippen LogP contribution in [0, 0.1) is 0 Å². The number of nitrogens with two attached hydrogens (primary N) is 1. The molecule has 0 radical (unpaired) electrons. The molecular weight excluding hydrogens is 320 g/mol. The van der Waals surface area contributed by atoms with Crippen molar-refractivity contribution in [1.82, 2.24) is 5.32 Å². The molecular formula is C15H28N2O5S. The molecule has 0 rings (SSSR count). The number of Topliss-reactive ketones (excluding diaryl/α,β-unsaturated/α-hetero) is 1. The molecule has 0 saturated carbocycles. The van der Waals surface area contributed by atoms with Gasteiger partial charge in [-0.25, -0.2) is 0 Å². The summed E-state index contributed by atoms with van der Waals surface area (Å²) in [5.41, 5.74) is 4.83. The molecule has 0 aliphatic rings. The number of hydrogen-bond acceptors (Lipinski definition) is 7. The summed E-state index contributed by atoms with van der Waals surface area (Å²) >= 11 is 1.63. The molecule has 4 unspecified atom stereocenters. The largest absolute Gasteiger partial charge is 0.370 e. The first-order valence-electron chi connectivity index (χ1n) is 7.58. The third kappa shape index (κ3) is 7.43. The molecule has 0 saturated heterocycles. The van der Waals surface area contributed by atoms with Crippen molar-refractivity contribution in [3.8, 4) is 0 Å². The number of nitrogens with one attached hydrogen (secondary N) is 1. The minimum absolute atomic E-state index is 0.0191. The Kier molecular flexibility index (Phi) is 10.3. The Labute approximate surface area is 142 Å². The minimum atomic E-state index is -1.28. The van der Waals surface area contributed by atoms with Gasteiger partial charge in [-0.05, 0) is 19.6 Å². The van der Waals surface area contributed by atoms with Gasteiger partial charge in [0.1, 0.15) is 5.72 Å². The van der Waals surface area contributed by atoms with Gasteiger partial charge in [-0.3, -0.25) is 14.4 Å². The molecule has 1 amide bonds. The second kappa shape index (κ2) is 10.7. The van der Waals surface area contributed by atoms with E-state index < -0.39 is 29.6 Å². The van der Waals surface area contributed by atoms with Gasteiger partial charge in [0.15, 0.2) is 18.2 Å². The Morgan fingerprint density at radius 1 is 1.39 bits per heavy atom. The van der Waals surface area contributed by atoms with Crippen LogP contribution in [0.15, 0.2) is 0 Å². The summed E-state index contributed by atoms with van der Waals surface area (Å²) in [7, 11) is 1.40. The summed E-state index contributed by atoms with van der Waals surface area (Å²) in [5.74, 6) is -0.259. The number of thioether (sulfide) groups is 1. The standard InChI is InChI=1S/C15H28N2O5S/c1-6-22-15(4,8-11(19)9-18)17-14(20)13(21-5)12(16)10(3)23-7-2/h9-10,12-13H,6-8,16H2,1-5H3,(H,17,20). The van der Waals surface area contributed by atoms with Crippen LogP contribution in [0.25, 0.3) is 0 Å².